The van der Waals surface area contributed by atoms with Crippen molar-refractivity contribution in [3.63, 3.8) is 0 Å². The Hall–Kier alpha value is -1.82. The Morgan fingerprint density at radius 2 is 2.22 bits per heavy atom. The van der Waals surface area contributed by atoms with Gasteiger partial charge < -0.3 is 20.4 Å². The summed E-state index contributed by atoms with van der Waals surface area (Å²) in [7, 11) is 0. The summed E-state index contributed by atoms with van der Waals surface area (Å²) >= 11 is 0. The number of amidine groups is 1. The maximum absolute atomic E-state index is 8.54. The van der Waals surface area contributed by atoms with Gasteiger partial charge >= 0.3 is 0 Å². The Balaban J connectivity index is 2.34. The molecule has 0 fully saturated rings. The van der Waals surface area contributed by atoms with Crippen LogP contribution in [-0.4, -0.2) is 35.8 Å². The first kappa shape index (κ1) is 14.2. The quantitative estimate of drug-likeness (QED) is 0.240. The van der Waals surface area contributed by atoms with Crippen LogP contribution in [0.25, 0.3) is 0 Å². The maximum Gasteiger partial charge on any atom is 0.213 e. The Kier molecular flexibility index (Phi) is 6.56. The molecule has 6 heteroatoms. The molecule has 0 aliphatic heterocycles. The van der Waals surface area contributed by atoms with E-state index in [-0.39, 0.29) is 5.84 Å². The fraction of sp³-hybridized carbons (Fsp3) is 0.500. The van der Waals surface area contributed by atoms with Gasteiger partial charge in [-0.2, -0.15) is 0 Å². The van der Waals surface area contributed by atoms with Crippen molar-refractivity contribution in [3.05, 3.63) is 23.9 Å². The molecule has 0 spiro atoms. The van der Waals surface area contributed by atoms with Gasteiger partial charge in [-0.1, -0.05) is 24.6 Å². The highest BCUT2D eigenvalue weighted by Gasteiger charge is 2.02. The summed E-state index contributed by atoms with van der Waals surface area (Å²) in [5.74, 6) is 0.387. The lowest BCUT2D eigenvalue weighted by molar-refractivity contribution is 0.0965. The predicted octanol–water partition coefficient (Wildman–Crippen LogP) is 1.37. The highest BCUT2D eigenvalue weighted by molar-refractivity contribution is 5.95. The molecule has 1 heterocycles. The zero-order valence-corrected chi connectivity index (χ0v) is 10.5. The molecule has 0 aliphatic rings. The number of nitrogens with zero attached hydrogens (tertiary/aromatic N) is 2. The van der Waals surface area contributed by atoms with E-state index in [0.29, 0.717) is 24.8 Å². The molecule has 0 aliphatic carbocycles. The molecule has 0 amide bonds. The second-order valence-electron chi connectivity index (χ2n) is 3.66. The summed E-state index contributed by atoms with van der Waals surface area (Å²) in [6.07, 6.45) is 2.17. The van der Waals surface area contributed by atoms with E-state index in [0.717, 1.165) is 19.4 Å². The Morgan fingerprint density at radius 3 is 2.94 bits per heavy atom. The Labute approximate surface area is 106 Å². The first-order valence-electron chi connectivity index (χ1n) is 5.93. The normalized spacial score (nSPS) is 11.5. The molecule has 100 valence electrons. The van der Waals surface area contributed by atoms with Crippen LogP contribution in [0.3, 0.4) is 0 Å². The monoisotopic (exact) mass is 253 g/mol. The van der Waals surface area contributed by atoms with Crippen molar-refractivity contribution >= 4 is 5.84 Å². The van der Waals surface area contributed by atoms with E-state index in [1.807, 2.05) is 0 Å². The van der Waals surface area contributed by atoms with Crippen LogP contribution in [0.15, 0.2) is 23.4 Å². The van der Waals surface area contributed by atoms with Crippen molar-refractivity contribution in [3.8, 4) is 5.88 Å². The van der Waals surface area contributed by atoms with E-state index in [4.69, 9.17) is 20.4 Å². The molecule has 0 saturated carbocycles. The third-order valence-corrected chi connectivity index (χ3v) is 2.21. The van der Waals surface area contributed by atoms with E-state index in [1.165, 1.54) is 0 Å². The zero-order chi connectivity index (χ0) is 13.2. The van der Waals surface area contributed by atoms with Crippen LogP contribution in [0.2, 0.25) is 0 Å². The summed E-state index contributed by atoms with van der Waals surface area (Å²) in [4.78, 5) is 4.08. The molecule has 0 saturated heterocycles. The van der Waals surface area contributed by atoms with Crippen LogP contribution in [0, 0.1) is 0 Å². The van der Waals surface area contributed by atoms with E-state index in [2.05, 4.69) is 17.1 Å². The first-order valence-corrected chi connectivity index (χ1v) is 5.93. The molecular formula is C12H19N3O3. The summed E-state index contributed by atoms with van der Waals surface area (Å²) in [6.45, 7) is 3.81. The van der Waals surface area contributed by atoms with Gasteiger partial charge in [-0.25, -0.2) is 4.98 Å². The van der Waals surface area contributed by atoms with Crippen molar-refractivity contribution in [2.75, 3.05) is 19.8 Å². The molecule has 18 heavy (non-hydrogen) atoms. The van der Waals surface area contributed by atoms with Gasteiger partial charge in [-0.15, -0.1) is 0 Å². The maximum atomic E-state index is 8.54. The first-order chi connectivity index (χ1) is 8.77. The second kappa shape index (κ2) is 8.30. The fourth-order valence-electron chi connectivity index (χ4n) is 1.24. The number of ether oxygens (including phenoxy) is 2. The predicted molar refractivity (Wildman–Crippen MR) is 68.0 cm³/mol. The van der Waals surface area contributed by atoms with Crippen LogP contribution >= 0.6 is 0 Å². The average Bonchev–Trinajstić information content (AvgIpc) is 2.42. The van der Waals surface area contributed by atoms with Crippen molar-refractivity contribution in [2.45, 2.75) is 19.8 Å². The molecule has 0 atom stereocenters. The van der Waals surface area contributed by atoms with E-state index in [9.17, 15) is 0 Å². The van der Waals surface area contributed by atoms with Crippen LogP contribution in [0.1, 0.15) is 25.5 Å². The lowest BCUT2D eigenvalue weighted by atomic mass is 10.3. The molecular weight excluding hydrogens is 234 g/mol. The van der Waals surface area contributed by atoms with E-state index in [1.54, 1.807) is 18.2 Å². The minimum Gasteiger partial charge on any atom is -0.475 e. The third-order valence-electron chi connectivity index (χ3n) is 2.21. The second-order valence-corrected chi connectivity index (χ2v) is 3.66. The molecule has 0 bridgehead atoms. The zero-order valence-electron chi connectivity index (χ0n) is 10.5. The summed E-state index contributed by atoms with van der Waals surface area (Å²) in [6, 6.07) is 5.08. The van der Waals surface area contributed by atoms with Crippen molar-refractivity contribution in [1.82, 2.24) is 4.98 Å². The summed E-state index contributed by atoms with van der Waals surface area (Å²) in [5, 5.41) is 11.4. The van der Waals surface area contributed by atoms with Crippen LogP contribution in [0.4, 0.5) is 0 Å². The van der Waals surface area contributed by atoms with Crippen LogP contribution < -0.4 is 10.5 Å². The van der Waals surface area contributed by atoms with Gasteiger partial charge in [0.15, 0.2) is 5.84 Å². The van der Waals surface area contributed by atoms with Gasteiger partial charge in [0.2, 0.25) is 5.88 Å². The van der Waals surface area contributed by atoms with Crippen molar-refractivity contribution in [1.29, 1.82) is 0 Å². The molecule has 6 nitrogen and oxygen atoms in total. The lowest BCUT2D eigenvalue weighted by Crippen LogP contribution is -2.15. The SMILES string of the molecule is CCCCOCCOc1cccc(C(N)=NO)n1. The molecule has 1 rings (SSSR count). The molecule has 0 aromatic carbocycles. The summed E-state index contributed by atoms with van der Waals surface area (Å²) < 4.78 is 10.7. The number of pyridine rings is 1. The van der Waals surface area contributed by atoms with Crippen molar-refractivity contribution in [2.24, 2.45) is 10.9 Å². The third kappa shape index (κ3) is 5.01. The number of unbranched alkanes of at least 4 members (excludes halogenated alkanes) is 1. The standard InChI is InChI=1S/C12H19N3O3/c1-2-3-7-17-8-9-18-11-6-4-5-10(14-11)12(13)15-16/h4-6,16H,2-3,7-9H2,1H3,(H2,13,15). The summed E-state index contributed by atoms with van der Waals surface area (Å²) in [5.41, 5.74) is 5.81. The van der Waals surface area contributed by atoms with Gasteiger partial charge in [0.25, 0.3) is 0 Å². The molecule has 0 unspecified atom stereocenters. The number of aromatic nitrogens is 1. The molecule has 1 aromatic heterocycles. The Morgan fingerprint density at radius 1 is 1.39 bits per heavy atom. The number of oxime groups is 1. The average molecular weight is 253 g/mol. The number of nitrogens with two attached hydrogens (primary N) is 1. The van der Waals surface area contributed by atoms with Gasteiger partial charge in [-0.3, -0.25) is 0 Å². The van der Waals surface area contributed by atoms with Crippen LogP contribution in [0.5, 0.6) is 5.88 Å². The number of rotatable bonds is 8. The number of hydrogen-bond donors (Lipinski definition) is 2. The highest BCUT2D eigenvalue weighted by atomic mass is 16.5. The topological polar surface area (TPSA) is 90.0 Å². The minimum absolute atomic E-state index is 0.0420. The molecule has 1 aromatic rings. The van der Waals surface area contributed by atoms with Gasteiger partial charge in [0.05, 0.1) is 6.61 Å². The van der Waals surface area contributed by atoms with E-state index < -0.39 is 0 Å². The largest absolute Gasteiger partial charge is 0.475 e. The minimum atomic E-state index is -0.0420. The lowest BCUT2D eigenvalue weighted by Gasteiger charge is -2.07. The van der Waals surface area contributed by atoms with Gasteiger partial charge in [0.1, 0.15) is 12.3 Å². The molecule has 0 radical (unpaired) electrons. The van der Waals surface area contributed by atoms with E-state index >= 15 is 0 Å². The highest BCUT2D eigenvalue weighted by Crippen LogP contribution is 2.07. The molecule has 3 N–H and O–H groups in total. The number of hydrogen-bond acceptors (Lipinski definition) is 5. The Bertz CT molecular complexity index is 383. The van der Waals surface area contributed by atoms with Crippen molar-refractivity contribution < 1.29 is 14.7 Å². The van der Waals surface area contributed by atoms with Gasteiger partial charge in [-0.05, 0) is 12.5 Å². The smallest absolute Gasteiger partial charge is 0.213 e. The van der Waals surface area contributed by atoms with Crippen LogP contribution in [-0.2, 0) is 4.74 Å². The fourth-order valence-corrected chi connectivity index (χ4v) is 1.24. The van der Waals surface area contributed by atoms with Gasteiger partial charge in [0, 0.05) is 12.7 Å².